The second kappa shape index (κ2) is 5.67. The van der Waals surface area contributed by atoms with E-state index in [-0.39, 0.29) is 10.7 Å². The summed E-state index contributed by atoms with van der Waals surface area (Å²) in [7, 11) is 0. The number of hydrogen-bond acceptors (Lipinski definition) is 4. The van der Waals surface area contributed by atoms with Gasteiger partial charge in [-0.25, -0.2) is 0 Å². The van der Waals surface area contributed by atoms with Crippen molar-refractivity contribution in [3.05, 3.63) is 40.5 Å². The summed E-state index contributed by atoms with van der Waals surface area (Å²) < 4.78 is 6.44. The highest BCUT2D eigenvalue weighted by molar-refractivity contribution is 9.10. The zero-order chi connectivity index (χ0) is 14.0. The van der Waals surface area contributed by atoms with E-state index < -0.39 is 0 Å². The van der Waals surface area contributed by atoms with Gasteiger partial charge in [-0.1, -0.05) is 41.9 Å². The van der Waals surface area contributed by atoms with Crippen LogP contribution in [-0.4, -0.2) is 10.1 Å². The Hall–Kier alpha value is -0.810. The van der Waals surface area contributed by atoms with Crippen LogP contribution in [0.25, 0.3) is 0 Å². The number of benzene rings is 1. The number of rotatable bonds is 3. The Morgan fingerprint density at radius 3 is 2.37 bits per heavy atom. The lowest BCUT2D eigenvalue weighted by Crippen LogP contribution is -2.13. The van der Waals surface area contributed by atoms with Gasteiger partial charge in [0.25, 0.3) is 0 Å². The summed E-state index contributed by atoms with van der Waals surface area (Å²) in [6, 6.07) is 8.21. The largest absolute Gasteiger partial charge is 0.338 e. The molecule has 1 atom stereocenters. The van der Waals surface area contributed by atoms with Gasteiger partial charge in [0.2, 0.25) is 5.89 Å². The standard InChI is InChI=1S/C14H17BrN2OS/c1-9(19-11-7-5-10(15)6-8-11)12-16-13(17-18-12)14(2,3)4/h5-9H,1-4H3. The Balaban J connectivity index is 2.09. The molecule has 2 aromatic rings. The Kier molecular flexibility index (Phi) is 4.36. The molecule has 102 valence electrons. The van der Waals surface area contributed by atoms with Crippen LogP contribution in [-0.2, 0) is 5.41 Å². The summed E-state index contributed by atoms with van der Waals surface area (Å²) in [4.78, 5) is 5.67. The van der Waals surface area contributed by atoms with Crippen molar-refractivity contribution < 1.29 is 4.52 Å². The molecule has 0 radical (unpaired) electrons. The lowest BCUT2D eigenvalue weighted by atomic mass is 9.96. The van der Waals surface area contributed by atoms with Crippen molar-refractivity contribution in [2.75, 3.05) is 0 Å². The van der Waals surface area contributed by atoms with Crippen LogP contribution in [0.1, 0.15) is 44.7 Å². The molecule has 0 fully saturated rings. The summed E-state index contributed by atoms with van der Waals surface area (Å²) in [5.41, 5.74) is -0.0796. The van der Waals surface area contributed by atoms with Crippen LogP contribution in [0.15, 0.2) is 38.2 Å². The smallest absolute Gasteiger partial charge is 0.239 e. The third kappa shape index (κ3) is 3.83. The Labute approximate surface area is 126 Å². The van der Waals surface area contributed by atoms with Gasteiger partial charge in [-0.15, -0.1) is 11.8 Å². The van der Waals surface area contributed by atoms with E-state index in [0.29, 0.717) is 5.89 Å². The number of nitrogens with zero attached hydrogens (tertiary/aromatic N) is 2. The maximum Gasteiger partial charge on any atom is 0.239 e. The second-order valence-electron chi connectivity index (χ2n) is 5.42. The molecule has 0 saturated carbocycles. The van der Waals surface area contributed by atoms with Crippen molar-refractivity contribution in [2.45, 2.75) is 43.3 Å². The predicted octanol–water partition coefficient (Wildman–Crippen LogP) is 4.98. The molecule has 1 aromatic heterocycles. The predicted molar refractivity (Wildman–Crippen MR) is 81.4 cm³/mol. The van der Waals surface area contributed by atoms with Gasteiger partial charge in [-0.2, -0.15) is 4.98 Å². The molecule has 0 spiro atoms. The summed E-state index contributed by atoms with van der Waals surface area (Å²) >= 11 is 5.14. The minimum atomic E-state index is -0.0796. The highest BCUT2D eigenvalue weighted by Crippen LogP contribution is 2.35. The van der Waals surface area contributed by atoms with Gasteiger partial charge in [0.1, 0.15) is 0 Å². The topological polar surface area (TPSA) is 38.9 Å². The fraction of sp³-hybridized carbons (Fsp3) is 0.429. The van der Waals surface area contributed by atoms with Crippen LogP contribution >= 0.6 is 27.7 Å². The number of thioether (sulfide) groups is 1. The molecule has 0 amide bonds. The fourth-order valence-corrected chi connectivity index (χ4v) is 2.64. The summed E-state index contributed by atoms with van der Waals surface area (Å²) in [6.07, 6.45) is 0. The number of aromatic nitrogens is 2. The maximum atomic E-state index is 5.36. The van der Waals surface area contributed by atoms with Crippen LogP contribution < -0.4 is 0 Å². The molecule has 1 unspecified atom stereocenters. The molecular weight excluding hydrogens is 324 g/mol. The molecule has 0 aliphatic heterocycles. The SMILES string of the molecule is CC(Sc1ccc(Br)cc1)c1nc(C(C)(C)C)no1. The van der Waals surface area contributed by atoms with E-state index in [1.807, 2.05) is 12.1 Å². The van der Waals surface area contributed by atoms with Crippen LogP contribution in [0.2, 0.25) is 0 Å². The molecule has 3 nitrogen and oxygen atoms in total. The van der Waals surface area contributed by atoms with Crippen LogP contribution in [0, 0.1) is 0 Å². The molecule has 19 heavy (non-hydrogen) atoms. The zero-order valence-electron chi connectivity index (χ0n) is 11.5. The molecule has 0 saturated heterocycles. The fourth-order valence-electron chi connectivity index (χ4n) is 1.47. The quantitative estimate of drug-likeness (QED) is 0.738. The van der Waals surface area contributed by atoms with Gasteiger partial charge in [0, 0.05) is 14.8 Å². The van der Waals surface area contributed by atoms with E-state index in [2.05, 4.69) is 65.9 Å². The molecule has 0 N–H and O–H groups in total. The number of hydrogen-bond donors (Lipinski definition) is 0. The normalized spacial score (nSPS) is 13.5. The molecule has 2 rings (SSSR count). The molecule has 0 aliphatic carbocycles. The third-order valence-corrected chi connectivity index (χ3v) is 4.22. The molecule has 1 aromatic carbocycles. The minimum Gasteiger partial charge on any atom is -0.338 e. The lowest BCUT2D eigenvalue weighted by molar-refractivity contribution is 0.364. The van der Waals surface area contributed by atoms with Gasteiger partial charge in [0.05, 0.1) is 5.25 Å². The van der Waals surface area contributed by atoms with E-state index in [1.165, 1.54) is 4.90 Å². The summed E-state index contributed by atoms with van der Waals surface area (Å²) in [6.45, 7) is 8.31. The van der Waals surface area contributed by atoms with E-state index in [1.54, 1.807) is 11.8 Å². The molecule has 5 heteroatoms. The van der Waals surface area contributed by atoms with Crippen LogP contribution in [0.4, 0.5) is 0 Å². The Morgan fingerprint density at radius 2 is 1.84 bits per heavy atom. The summed E-state index contributed by atoms with van der Waals surface area (Å²) in [5.74, 6) is 1.43. The van der Waals surface area contributed by atoms with Crippen molar-refractivity contribution >= 4 is 27.7 Å². The van der Waals surface area contributed by atoms with Crippen LogP contribution in [0.5, 0.6) is 0 Å². The monoisotopic (exact) mass is 340 g/mol. The molecule has 1 heterocycles. The average molecular weight is 341 g/mol. The van der Waals surface area contributed by atoms with Crippen molar-refractivity contribution in [1.82, 2.24) is 10.1 Å². The van der Waals surface area contributed by atoms with Crippen molar-refractivity contribution in [3.63, 3.8) is 0 Å². The van der Waals surface area contributed by atoms with E-state index in [0.717, 1.165) is 10.3 Å². The van der Waals surface area contributed by atoms with Gasteiger partial charge in [-0.05, 0) is 31.2 Å². The second-order valence-corrected chi connectivity index (χ2v) is 7.75. The van der Waals surface area contributed by atoms with E-state index in [9.17, 15) is 0 Å². The van der Waals surface area contributed by atoms with Crippen molar-refractivity contribution in [2.24, 2.45) is 0 Å². The summed E-state index contributed by atoms with van der Waals surface area (Å²) in [5, 5.41) is 4.20. The highest BCUT2D eigenvalue weighted by Gasteiger charge is 2.23. The van der Waals surface area contributed by atoms with E-state index in [4.69, 9.17) is 4.52 Å². The van der Waals surface area contributed by atoms with Gasteiger partial charge < -0.3 is 4.52 Å². The molecule has 0 aliphatic rings. The van der Waals surface area contributed by atoms with Gasteiger partial charge in [0.15, 0.2) is 5.82 Å². The van der Waals surface area contributed by atoms with Gasteiger partial charge >= 0.3 is 0 Å². The first-order valence-electron chi connectivity index (χ1n) is 6.12. The van der Waals surface area contributed by atoms with Gasteiger partial charge in [-0.3, -0.25) is 0 Å². The van der Waals surface area contributed by atoms with E-state index >= 15 is 0 Å². The molecule has 0 bridgehead atoms. The highest BCUT2D eigenvalue weighted by atomic mass is 79.9. The third-order valence-electron chi connectivity index (χ3n) is 2.59. The Bertz CT molecular complexity index is 545. The minimum absolute atomic E-state index is 0.0796. The van der Waals surface area contributed by atoms with Crippen molar-refractivity contribution in [3.8, 4) is 0 Å². The first-order chi connectivity index (χ1) is 8.86. The van der Waals surface area contributed by atoms with Crippen molar-refractivity contribution in [1.29, 1.82) is 0 Å². The van der Waals surface area contributed by atoms with Crippen LogP contribution in [0.3, 0.4) is 0 Å². The lowest BCUT2D eigenvalue weighted by Gasteiger charge is -2.11. The zero-order valence-corrected chi connectivity index (χ0v) is 13.9. The first-order valence-corrected chi connectivity index (χ1v) is 7.80. The average Bonchev–Trinajstić information content (AvgIpc) is 2.81. The maximum absolute atomic E-state index is 5.36. The Morgan fingerprint density at radius 1 is 1.21 bits per heavy atom. The number of halogens is 1. The first kappa shape index (κ1) is 14.6. The molecular formula is C14H17BrN2OS.